The Balaban J connectivity index is 0.00000244. The molecule has 7 heteroatoms. The number of benzene rings is 6. The topological polar surface area (TPSA) is 43.6 Å². The molecule has 4 nitrogen and oxygen atoms in total. The van der Waals surface area contributed by atoms with Gasteiger partial charge in [-0.05, 0) is 69.5 Å². The molecule has 0 amide bonds. The largest absolute Gasteiger partial charge is 0.416 e. The van der Waals surface area contributed by atoms with E-state index in [9.17, 15) is 13.2 Å². The molecule has 57 heavy (non-hydrogen) atoms. The van der Waals surface area contributed by atoms with Crippen molar-refractivity contribution >= 4 is 21.8 Å². The van der Waals surface area contributed by atoms with Gasteiger partial charge in [0.15, 0.2) is 17.5 Å². The molecule has 0 saturated carbocycles. The summed E-state index contributed by atoms with van der Waals surface area (Å²) >= 11 is 0. The summed E-state index contributed by atoms with van der Waals surface area (Å²) in [5.74, 6) is 1.49. The zero-order chi connectivity index (χ0) is 40.7. The molecule has 0 spiro atoms. The Hall–Kier alpha value is -6.08. The van der Waals surface area contributed by atoms with Gasteiger partial charge in [0.05, 0.1) is 22.3 Å². The highest BCUT2D eigenvalue weighted by Gasteiger charge is 2.31. The lowest BCUT2D eigenvalue weighted by atomic mass is 9.86. The zero-order valence-corrected chi connectivity index (χ0v) is 33.7. The Morgan fingerprint density at radius 1 is 0.421 bits per heavy atom. The lowest BCUT2D eigenvalue weighted by molar-refractivity contribution is -0.137. The number of fused-ring (bicyclic) bond motifs is 3. The Labute approximate surface area is 333 Å². The van der Waals surface area contributed by atoms with E-state index < -0.39 is 11.7 Å². The standard InChI is InChI=1S/C48H41F3N4.C2H6/c1-46(2,3)34-21-24-37-38-25-22-35(47(4,5)6)29-42(38)55(41(37)28-34)40-27-33(32-18-13-19-36(26-32)48(49,50)51)20-23-39(40)45-53-43(30-14-9-7-10-15-30)52-44(54-45)31-16-11-8-12-17-31;1-2/h7-29H,1-6H3;1-2H3. The maximum atomic E-state index is 14.0. The van der Waals surface area contributed by atoms with E-state index in [1.165, 1.54) is 12.1 Å². The van der Waals surface area contributed by atoms with Gasteiger partial charge in [0, 0.05) is 27.5 Å². The summed E-state index contributed by atoms with van der Waals surface area (Å²) in [6.07, 6.45) is -4.48. The first-order chi connectivity index (χ1) is 27.1. The molecule has 2 heterocycles. The molecule has 288 valence electrons. The summed E-state index contributed by atoms with van der Waals surface area (Å²) < 4.78 is 44.3. The highest BCUT2D eigenvalue weighted by atomic mass is 19.4. The van der Waals surface area contributed by atoms with Crippen LogP contribution < -0.4 is 0 Å². The van der Waals surface area contributed by atoms with E-state index in [4.69, 9.17) is 15.0 Å². The molecular formula is C50H47F3N4. The Morgan fingerprint density at radius 3 is 1.35 bits per heavy atom. The van der Waals surface area contributed by atoms with Gasteiger partial charge < -0.3 is 4.57 Å². The molecule has 0 unspecified atom stereocenters. The number of rotatable bonds is 5. The second-order valence-corrected chi connectivity index (χ2v) is 16.1. The van der Waals surface area contributed by atoms with Crippen LogP contribution in [-0.4, -0.2) is 19.5 Å². The lowest BCUT2D eigenvalue weighted by Crippen LogP contribution is -2.11. The van der Waals surface area contributed by atoms with E-state index >= 15 is 0 Å². The number of hydrogen-bond donors (Lipinski definition) is 0. The van der Waals surface area contributed by atoms with E-state index in [1.807, 2.05) is 92.7 Å². The van der Waals surface area contributed by atoms with Gasteiger partial charge in [0.1, 0.15) is 0 Å². The smallest absolute Gasteiger partial charge is 0.308 e. The number of nitrogens with zero attached hydrogens (tertiary/aromatic N) is 4. The fourth-order valence-electron chi connectivity index (χ4n) is 7.10. The van der Waals surface area contributed by atoms with Gasteiger partial charge in [-0.1, -0.05) is 159 Å². The maximum absolute atomic E-state index is 14.0. The third-order valence-electron chi connectivity index (χ3n) is 10.2. The zero-order valence-electron chi connectivity index (χ0n) is 33.7. The average molecular weight is 761 g/mol. The molecule has 8 aromatic rings. The highest BCUT2D eigenvalue weighted by Crippen LogP contribution is 2.41. The van der Waals surface area contributed by atoms with E-state index in [1.54, 1.807) is 6.07 Å². The minimum Gasteiger partial charge on any atom is -0.308 e. The van der Waals surface area contributed by atoms with Gasteiger partial charge in [-0.3, -0.25) is 0 Å². The van der Waals surface area contributed by atoms with E-state index in [0.717, 1.165) is 55.8 Å². The summed E-state index contributed by atoms with van der Waals surface area (Å²) in [4.78, 5) is 15.1. The molecular weight excluding hydrogens is 714 g/mol. The molecule has 0 fully saturated rings. The van der Waals surface area contributed by atoms with Crippen LogP contribution in [0, 0.1) is 0 Å². The molecule has 0 aliphatic carbocycles. The minimum atomic E-state index is -4.48. The molecule has 0 atom stereocenters. The van der Waals surface area contributed by atoms with Gasteiger partial charge in [0.2, 0.25) is 0 Å². The van der Waals surface area contributed by atoms with Crippen LogP contribution in [0.5, 0.6) is 0 Å². The summed E-state index contributed by atoms with van der Waals surface area (Å²) in [5, 5.41) is 2.15. The third-order valence-corrected chi connectivity index (χ3v) is 10.2. The normalized spacial score (nSPS) is 12.1. The quantitative estimate of drug-likeness (QED) is 0.175. The molecule has 0 aliphatic heterocycles. The first-order valence-electron chi connectivity index (χ1n) is 19.4. The monoisotopic (exact) mass is 760 g/mol. The summed E-state index contributed by atoms with van der Waals surface area (Å²) in [7, 11) is 0. The maximum Gasteiger partial charge on any atom is 0.416 e. The van der Waals surface area contributed by atoms with Gasteiger partial charge in [-0.2, -0.15) is 13.2 Å². The number of alkyl halides is 3. The van der Waals surface area contributed by atoms with Crippen LogP contribution >= 0.6 is 0 Å². The summed E-state index contributed by atoms with van der Waals surface area (Å²) in [6, 6.07) is 44.1. The number of hydrogen-bond acceptors (Lipinski definition) is 3. The van der Waals surface area contributed by atoms with Crippen molar-refractivity contribution in [1.82, 2.24) is 19.5 Å². The van der Waals surface area contributed by atoms with Gasteiger partial charge in [0.25, 0.3) is 0 Å². The first kappa shape index (κ1) is 39.2. The fraction of sp³-hybridized carbons (Fsp3) is 0.220. The molecule has 0 radical (unpaired) electrons. The first-order valence-corrected chi connectivity index (χ1v) is 19.4. The van der Waals surface area contributed by atoms with Crippen LogP contribution in [0.25, 0.3) is 72.8 Å². The van der Waals surface area contributed by atoms with Crippen LogP contribution in [0.2, 0.25) is 0 Å². The molecule has 0 saturated heterocycles. The molecule has 2 aromatic heterocycles. The van der Waals surface area contributed by atoms with Crippen molar-refractivity contribution in [3.05, 3.63) is 156 Å². The predicted molar refractivity (Wildman–Crippen MR) is 230 cm³/mol. The van der Waals surface area contributed by atoms with Crippen molar-refractivity contribution in [1.29, 1.82) is 0 Å². The Bertz CT molecular complexity index is 2570. The van der Waals surface area contributed by atoms with Crippen LogP contribution in [0.3, 0.4) is 0 Å². The average Bonchev–Trinajstić information content (AvgIpc) is 3.54. The third kappa shape index (κ3) is 7.84. The molecule has 0 N–H and O–H groups in total. The minimum absolute atomic E-state index is 0.141. The number of aromatic nitrogens is 4. The van der Waals surface area contributed by atoms with Crippen molar-refractivity contribution in [2.75, 3.05) is 0 Å². The van der Waals surface area contributed by atoms with Crippen molar-refractivity contribution in [2.24, 2.45) is 0 Å². The molecule has 0 bridgehead atoms. The summed E-state index contributed by atoms with van der Waals surface area (Å²) in [6.45, 7) is 17.2. The number of halogens is 3. The predicted octanol–water partition coefficient (Wildman–Crippen LogP) is 14.3. The Morgan fingerprint density at radius 2 is 0.877 bits per heavy atom. The second-order valence-electron chi connectivity index (χ2n) is 16.1. The van der Waals surface area contributed by atoms with Crippen molar-refractivity contribution in [3.63, 3.8) is 0 Å². The van der Waals surface area contributed by atoms with Crippen LogP contribution in [0.4, 0.5) is 13.2 Å². The van der Waals surface area contributed by atoms with Gasteiger partial charge in [-0.15, -0.1) is 0 Å². The molecule has 8 rings (SSSR count). The SMILES string of the molecule is CC.CC(C)(C)c1ccc2c3ccc(C(C)(C)C)cc3n(-c3cc(-c4cccc(C(F)(F)F)c4)ccc3-c3nc(-c4ccccc4)nc(-c4ccccc4)n3)c2c1. The lowest BCUT2D eigenvalue weighted by Gasteiger charge is -2.21. The summed E-state index contributed by atoms with van der Waals surface area (Å²) in [5.41, 5.74) is 7.55. The Kier molecular flexibility index (Phi) is 10.4. The molecule has 6 aromatic carbocycles. The molecule has 0 aliphatic rings. The van der Waals surface area contributed by atoms with Gasteiger partial charge in [-0.25, -0.2) is 15.0 Å². The van der Waals surface area contributed by atoms with Crippen LogP contribution in [0.15, 0.2) is 140 Å². The van der Waals surface area contributed by atoms with Gasteiger partial charge >= 0.3 is 6.18 Å². The second kappa shape index (κ2) is 15.1. The van der Waals surface area contributed by atoms with Crippen molar-refractivity contribution in [2.45, 2.75) is 72.4 Å². The van der Waals surface area contributed by atoms with E-state index in [0.29, 0.717) is 34.2 Å². The highest BCUT2D eigenvalue weighted by molar-refractivity contribution is 6.10. The van der Waals surface area contributed by atoms with Crippen molar-refractivity contribution in [3.8, 4) is 51.0 Å². The van der Waals surface area contributed by atoms with Crippen molar-refractivity contribution < 1.29 is 13.2 Å². The van der Waals surface area contributed by atoms with E-state index in [2.05, 4.69) is 82.5 Å². The van der Waals surface area contributed by atoms with E-state index in [-0.39, 0.29) is 10.8 Å². The van der Waals surface area contributed by atoms with Crippen LogP contribution in [-0.2, 0) is 17.0 Å². The fourth-order valence-corrected chi connectivity index (χ4v) is 7.10. The van der Waals surface area contributed by atoms with Crippen LogP contribution in [0.1, 0.15) is 72.1 Å².